The molecule has 3 N–H and O–H groups in total. The fourth-order valence-corrected chi connectivity index (χ4v) is 4.23. The summed E-state index contributed by atoms with van der Waals surface area (Å²) in [6, 6.07) is 6.27. The Morgan fingerprint density at radius 2 is 2.00 bits per heavy atom. The third kappa shape index (κ3) is 5.39. The van der Waals surface area contributed by atoms with Gasteiger partial charge in [-0.3, -0.25) is 9.59 Å². The second-order valence-corrected chi connectivity index (χ2v) is 8.69. The Kier molecular flexibility index (Phi) is 6.80. The Morgan fingerprint density at radius 1 is 1.25 bits per heavy atom. The standard InChI is InChI=1S/C21H28N4O2S/c1-13(2)16-4-5-19(25-20(27)15-6-8-22-9-7-15)17(10-16)11-18-12-23-21(28-18)24-14(3)26/h4-5,10,12-13,15,22H,6-9,11H2,1-3H3,(H,25,27)(H,23,24,26). The van der Waals surface area contributed by atoms with Gasteiger partial charge in [-0.15, -0.1) is 11.3 Å². The van der Waals surface area contributed by atoms with Crippen LogP contribution in [0.25, 0.3) is 0 Å². The van der Waals surface area contributed by atoms with Gasteiger partial charge in [-0.2, -0.15) is 0 Å². The predicted octanol–water partition coefficient (Wildman–Crippen LogP) is 3.75. The molecule has 0 bridgehead atoms. The van der Waals surface area contributed by atoms with Crippen LogP contribution in [-0.2, 0) is 16.0 Å². The molecule has 2 aromatic rings. The zero-order chi connectivity index (χ0) is 20.1. The van der Waals surface area contributed by atoms with Crippen LogP contribution in [0.3, 0.4) is 0 Å². The molecule has 7 heteroatoms. The van der Waals surface area contributed by atoms with E-state index in [0.29, 0.717) is 17.5 Å². The number of hydrogen-bond donors (Lipinski definition) is 3. The van der Waals surface area contributed by atoms with E-state index in [4.69, 9.17) is 0 Å². The fraction of sp³-hybridized carbons (Fsp3) is 0.476. The van der Waals surface area contributed by atoms with Gasteiger partial charge in [-0.1, -0.05) is 26.0 Å². The molecule has 150 valence electrons. The molecule has 0 saturated carbocycles. The van der Waals surface area contributed by atoms with Gasteiger partial charge in [-0.25, -0.2) is 4.98 Å². The van der Waals surface area contributed by atoms with E-state index in [-0.39, 0.29) is 17.7 Å². The number of carbonyl (C=O) groups excluding carboxylic acids is 2. The van der Waals surface area contributed by atoms with E-state index < -0.39 is 0 Å². The van der Waals surface area contributed by atoms with Crippen LogP contribution in [0.2, 0.25) is 0 Å². The highest BCUT2D eigenvalue weighted by Crippen LogP contribution is 2.28. The minimum atomic E-state index is -0.127. The van der Waals surface area contributed by atoms with Gasteiger partial charge in [0.1, 0.15) is 0 Å². The number of aromatic nitrogens is 1. The van der Waals surface area contributed by atoms with E-state index in [1.165, 1.54) is 23.8 Å². The molecule has 1 aliphatic rings. The van der Waals surface area contributed by atoms with Crippen LogP contribution in [0.15, 0.2) is 24.4 Å². The predicted molar refractivity (Wildman–Crippen MR) is 114 cm³/mol. The van der Waals surface area contributed by atoms with E-state index >= 15 is 0 Å². The van der Waals surface area contributed by atoms with Crippen molar-refractivity contribution in [1.82, 2.24) is 10.3 Å². The zero-order valence-electron chi connectivity index (χ0n) is 16.7. The lowest BCUT2D eigenvalue weighted by molar-refractivity contribution is -0.120. The van der Waals surface area contributed by atoms with Crippen molar-refractivity contribution in [1.29, 1.82) is 0 Å². The van der Waals surface area contributed by atoms with Crippen molar-refractivity contribution in [2.75, 3.05) is 23.7 Å². The Hall–Kier alpha value is -2.25. The maximum atomic E-state index is 12.7. The molecule has 28 heavy (non-hydrogen) atoms. The molecule has 0 atom stereocenters. The van der Waals surface area contributed by atoms with Crippen molar-refractivity contribution in [3.05, 3.63) is 40.4 Å². The Labute approximate surface area is 170 Å². The zero-order valence-corrected chi connectivity index (χ0v) is 17.5. The maximum Gasteiger partial charge on any atom is 0.227 e. The molecule has 1 aromatic heterocycles. The van der Waals surface area contributed by atoms with Gasteiger partial charge in [0, 0.05) is 36.0 Å². The Balaban J connectivity index is 1.80. The number of rotatable bonds is 6. The molecule has 1 aliphatic heterocycles. The second kappa shape index (κ2) is 9.30. The SMILES string of the molecule is CC(=O)Nc1ncc(Cc2cc(C(C)C)ccc2NC(=O)C2CCNCC2)s1. The van der Waals surface area contributed by atoms with Gasteiger partial charge in [0.15, 0.2) is 5.13 Å². The number of nitrogens with zero attached hydrogens (tertiary/aromatic N) is 1. The lowest BCUT2D eigenvalue weighted by Crippen LogP contribution is -2.34. The fourth-order valence-electron chi connectivity index (χ4n) is 3.35. The van der Waals surface area contributed by atoms with E-state index in [1.54, 1.807) is 6.20 Å². The third-order valence-corrected chi connectivity index (χ3v) is 5.88. The summed E-state index contributed by atoms with van der Waals surface area (Å²) >= 11 is 1.46. The lowest BCUT2D eigenvalue weighted by atomic mass is 9.95. The van der Waals surface area contributed by atoms with Gasteiger partial charge in [0.25, 0.3) is 0 Å². The number of anilines is 2. The number of piperidine rings is 1. The van der Waals surface area contributed by atoms with Crippen LogP contribution in [0.5, 0.6) is 0 Å². The quantitative estimate of drug-likeness (QED) is 0.690. The normalized spacial score (nSPS) is 14.9. The van der Waals surface area contributed by atoms with Gasteiger partial charge >= 0.3 is 0 Å². The highest BCUT2D eigenvalue weighted by atomic mass is 32.1. The number of benzene rings is 1. The van der Waals surface area contributed by atoms with E-state index in [1.807, 2.05) is 6.07 Å². The first-order valence-corrected chi connectivity index (χ1v) is 10.6. The van der Waals surface area contributed by atoms with Crippen molar-refractivity contribution >= 4 is 34.0 Å². The molecule has 0 unspecified atom stereocenters. The van der Waals surface area contributed by atoms with Crippen molar-refractivity contribution in [3.63, 3.8) is 0 Å². The second-order valence-electron chi connectivity index (χ2n) is 7.57. The highest BCUT2D eigenvalue weighted by Gasteiger charge is 2.22. The first kappa shape index (κ1) is 20.5. The molecular weight excluding hydrogens is 372 g/mol. The number of amides is 2. The van der Waals surface area contributed by atoms with Crippen molar-refractivity contribution in [3.8, 4) is 0 Å². The molecule has 0 radical (unpaired) electrons. The Morgan fingerprint density at radius 3 is 2.68 bits per heavy atom. The van der Waals surface area contributed by atoms with Crippen molar-refractivity contribution in [2.45, 2.75) is 46.0 Å². The summed E-state index contributed by atoms with van der Waals surface area (Å²) in [5.41, 5.74) is 3.18. The Bertz CT molecular complexity index is 841. The molecule has 6 nitrogen and oxygen atoms in total. The third-order valence-electron chi connectivity index (χ3n) is 4.96. The van der Waals surface area contributed by atoms with Crippen molar-refractivity contribution in [2.24, 2.45) is 5.92 Å². The van der Waals surface area contributed by atoms with Crippen LogP contribution in [-0.4, -0.2) is 29.9 Å². The number of carbonyl (C=O) groups is 2. The summed E-state index contributed by atoms with van der Waals surface area (Å²) in [6.45, 7) is 7.58. The van der Waals surface area contributed by atoms with Crippen molar-refractivity contribution < 1.29 is 9.59 Å². The summed E-state index contributed by atoms with van der Waals surface area (Å²) < 4.78 is 0. The van der Waals surface area contributed by atoms with Crippen LogP contribution in [0.4, 0.5) is 10.8 Å². The molecule has 1 aromatic carbocycles. The minimum absolute atomic E-state index is 0.0636. The summed E-state index contributed by atoms with van der Waals surface area (Å²) in [6.07, 6.45) is 4.20. The van der Waals surface area contributed by atoms with Crippen LogP contribution < -0.4 is 16.0 Å². The van der Waals surface area contributed by atoms with Gasteiger partial charge in [-0.05, 0) is 49.0 Å². The average molecular weight is 401 g/mol. The minimum Gasteiger partial charge on any atom is -0.326 e. The number of nitrogens with one attached hydrogen (secondary N) is 3. The smallest absolute Gasteiger partial charge is 0.227 e. The first-order valence-electron chi connectivity index (χ1n) is 9.79. The molecule has 3 rings (SSSR count). The molecule has 2 amide bonds. The molecule has 0 spiro atoms. The number of thiazole rings is 1. The van der Waals surface area contributed by atoms with E-state index in [9.17, 15) is 9.59 Å². The van der Waals surface area contributed by atoms with Gasteiger partial charge in [0.2, 0.25) is 11.8 Å². The van der Waals surface area contributed by atoms with Crippen LogP contribution in [0.1, 0.15) is 55.5 Å². The monoisotopic (exact) mass is 400 g/mol. The summed E-state index contributed by atoms with van der Waals surface area (Å²) in [4.78, 5) is 29.3. The van der Waals surface area contributed by atoms with E-state index in [2.05, 4.69) is 46.9 Å². The summed E-state index contributed by atoms with van der Waals surface area (Å²) in [5.74, 6) is 0.443. The topological polar surface area (TPSA) is 83.1 Å². The van der Waals surface area contributed by atoms with Gasteiger partial charge < -0.3 is 16.0 Å². The average Bonchev–Trinajstić information content (AvgIpc) is 3.09. The lowest BCUT2D eigenvalue weighted by Gasteiger charge is -2.23. The summed E-state index contributed by atoms with van der Waals surface area (Å²) in [7, 11) is 0. The number of hydrogen-bond acceptors (Lipinski definition) is 5. The highest BCUT2D eigenvalue weighted by molar-refractivity contribution is 7.15. The largest absolute Gasteiger partial charge is 0.326 e. The first-order chi connectivity index (χ1) is 13.4. The summed E-state index contributed by atoms with van der Waals surface area (Å²) in [5, 5.41) is 9.77. The molecule has 1 saturated heterocycles. The van der Waals surface area contributed by atoms with Crippen LogP contribution >= 0.6 is 11.3 Å². The molecule has 2 heterocycles. The van der Waals surface area contributed by atoms with Gasteiger partial charge in [0.05, 0.1) is 0 Å². The maximum absolute atomic E-state index is 12.7. The molecule has 1 fully saturated rings. The molecule has 0 aliphatic carbocycles. The van der Waals surface area contributed by atoms with E-state index in [0.717, 1.165) is 42.1 Å². The van der Waals surface area contributed by atoms with Crippen LogP contribution in [0, 0.1) is 5.92 Å². The molecular formula is C21H28N4O2S.